The molecular weight excluding hydrogens is 448 g/mol. The molecule has 2 aliphatic rings. The van der Waals surface area contributed by atoms with E-state index in [0.29, 0.717) is 30.8 Å². The highest BCUT2D eigenvalue weighted by Crippen LogP contribution is 2.46. The van der Waals surface area contributed by atoms with Gasteiger partial charge in [0.2, 0.25) is 11.8 Å². The fourth-order valence-corrected chi connectivity index (χ4v) is 5.37. The first kappa shape index (κ1) is 26.7. The van der Waals surface area contributed by atoms with Crippen molar-refractivity contribution < 1.29 is 29.0 Å². The molecule has 8 nitrogen and oxygen atoms in total. The molecule has 5 atom stereocenters. The van der Waals surface area contributed by atoms with Crippen LogP contribution < -0.4 is 10.1 Å². The highest BCUT2D eigenvalue weighted by atomic mass is 16.5. The van der Waals surface area contributed by atoms with Gasteiger partial charge in [0.15, 0.2) is 0 Å². The number of nitrogens with zero attached hydrogens (tertiary/aromatic N) is 1. The average molecular weight is 487 g/mol. The number of hydrogen-bond acceptors (Lipinski definition) is 6. The van der Waals surface area contributed by atoms with Crippen LogP contribution in [-0.4, -0.2) is 60.7 Å². The number of amides is 2. The molecule has 1 aliphatic carbocycles. The molecule has 2 amide bonds. The van der Waals surface area contributed by atoms with Crippen molar-refractivity contribution in [2.45, 2.75) is 52.0 Å². The third-order valence-corrected chi connectivity index (χ3v) is 6.98. The maximum absolute atomic E-state index is 13.8. The Morgan fingerprint density at radius 3 is 2.46 bits per heavy atom. The fourth-order valence-electron chi connectivity index (χ4n) is 5.37. The maximum Gasteiger partial charge on any atom is 0.310 e. The van der Waals surface area contributed by atoms with E-state index in [4.69, 9.17) is 14.6 Å². The van der Waals surface area contributed by atoms with Crippen molar-refractivity contribution in [1.82, 2.24) is 4.90 Å². The van der Waals surface area contributed by atoms with E-state index in [-0.39, 0.29) is 36.9 Å². The quantitative estimate of drug-likeness (QED) is 0.267. The summed E-state index contributed by atoms with van der Waals surface area (Å²) in [6, 6.07) is 6.31. The first-order valence-electron chi connectivity index (χ1n) is 12.7. The van der Waals surface area contributed by atoms with Crippen LogP contribution in [0, 0.1) is 23.7 Å². The number of nitrogens with one attached hydrogen (secondary N) is 1. The molecule has 2 N–H and O–H groups in total. The molecule has 0 aromatic heterocycles. The molecule has 0 unspecified atom stereocenters. The van der Waals surface area contributed by atoms with Crippen LogP contribution >= 0.6 is 0 Å². The lowest BCUT2D eigenvalue weighted by Gasteiger charge is -2.33. The van der Waals surface area contributed by atoms with Gasteiger partial charge < -0.3 is 24.8 Å². The number of aliphatic hydroxyl groups is 1. The van der Waals surface area contributed by atoms with E-state index in [2.05, 4.69) is 12.2 Å². The summed E-state index contributed by atoms with van der Waals surface area (Å²) in [5, 5.41) is 12.1. The van der Waals surface area contributed by atoms with Crippen LogP contribution in [-0.2, 0) is 19.1 Å². The number of likely N-dealkylation sites (tertiary alicyclic amines) is 1. The van der Waals surface area contributed by atoms with Gasteiger partial charge in [0, 0.05) is 24.8 Å². The number of benzene rings is 1. The molecule has 1 aromatic carbocycles. The van der Waals surface area contributed by atoms with Gasteiger partial charge in [-0.05, 0) is 62.8 Å². The minimum atomic E-state index is -0.723. The van der Waals surface area contributed by atoms with Gasteiger partial charge in [0.05, 0.1) is 25.6 Å². The zero-order chi connectivity index (χ0) is 25.4. The van der Waals surface area contributed by atoms with Gasteiger partial charge in [0.25, 0.3) is 0 Å². The predicted molar refractivity (Wildman–Crippen MR) is 133 cm³/mol. The Labute approximate surface area is 207 Å². The molecule has 192 valence electrons. The molecule has 3 rings (SSSR count). The summed E-state index contributed by atoms with van der Waals surface area (Å²) in [4.78, 5) is 42.0. The van der Waals surface area contributed by atoms with Gasteiger partial charge >= 0.3 is 5.97 Å². The molecule has 1 saturated heterocycles. The number of carbonyl (C=O) groups is 3. The standard InChI is InChI=1S/C27H38N2O6/c1-4-9-18-10-15-21-23(22(18)27(33)35-5-2)26(32)29(16-7-6-8-17-30)24(21)25(31)28-19-11-13-20(34-3)14-12-19/h10-15,18,21-24,30H,4-9,16-17H2,1-3H3,(H,28,31)/t18-,21+,22-,23+,24+/m1/s1. The lowest BCUT2D eigenvalue weighted by molar-refractivity contribution is -0.155. The number of carbonyl (C=O) groups excluding carboxylic acids is 3. The predicted octanol–water partition coefficient (Wildman–Crippen LogP) is 3.40. The third kappa shape index (κ3) is 6.04. The first-order chi connectivity index (χ1) is 17.0. The lowest BCUT2D eigenvalue weighted by atomic mass is 9.69. The van der Waals surface area contributed by atoms with Crippen molar-refractivity contribution in [2.75, 3.05) is 32.2 Å². The number of fused-ring (bicyclic) bond motifs is 1. The van der Waals surface area contributed by atoms with E-state index >= 15 is 0 Å². The van der Waals surface area contributed by atoms with E-state index in [9.17, 15) is 14.4 Å². The summed E-state index contributed by atoms with van der Waals surface area (Å²) in [5.74, 6) is -1.87. The topological polar surface area (TPSA) is 105 Å². The van der Waals surface area contributed by atoms with Crippen molar-refractivity contribution in [3.05, 3.63) is 36.4 Å². The van der Waals surface area contributed by atoms with Crippen molar-refractivity contribution in [1.29, 1.82) is 0 Å². The molecule has 1 aromatic rings. The van der Waals surface area contributed by atoms with Crippen LogP contribution in [0.25, 0.3) is 0 Å². The largest absolute Gasteiger partial charge is 0.497 e. The van der Waals surface area contributed by atoms with Gasteiger partial charge in [-0.3, -0.25) is 14.4 Å². The second kappa shape index (κ2) is 12.7. The van der Waals surface area contributed by atoms with E-state index < -0.39 is 23.8 Å². The van der Waals surface area contributed by atoms with E-state index in [1.54, 1.807) is 43.2 Å². The first-order valence-corrected chi connectivity index (χ1v) is 12.7. The zero-order valence-electron chi connectivity index (χ0n) is 20.9. The van der Waals surface area contributed by atoms with Crippen LogP contribution in [0.1, 0.15) is 46.0 Å². The molecule has 0 radical (unpaired) electrons. The van der Waals surface area contributed by atoms with Crippen LogP contribution in [0.5, 0.6) is 5.75 Å². The molecule has 0 bridgehead atoms. The summed E-state index contributed by atoms with van der Waals surface area (Å²) >= 11 is 0. The molecule has 1 heterocycles. The second-order valence-corrected chi connectivity index (χ2v) is 9.20. The van der Waals surface area contributed by atoms with Crippen LogP contribution in [0.4, 0.5) is 5.69 Å². The summed E-state index contributed by atoms with van der Waals surface area (Å²) in [5.41, 5.74) is 0.609. The van der Waals surface area contributed by atoms with E-state index in [0.717, 1.165) is 19.3 Å². The summed E-state index contributed by atoms with van der Waals surface area (Å²) in [6.07, 6.45) is 7.68. The third-order valence-electron chi connectivity index (χ3n) is 6.98. The number of ether oxygens (including phenoxy) is 2. The normalized spacial score (nSPS) is 25.3. The van der Waals surface area contributed by atoms with E-state index in [1.807, 2.05) is 12.2 Å². The molecule has 0 saturated carbocycles. The molecule has 8 heteroatoms. The number of aliphatic hydroxyl groups excluding tert-OH is 1. The molecule has 1 fully saturated rings. The zero-order valence-corrected chi connectivity index (χ0v) is 20.9. The van der Waals surface area contributed by atoms with Crippen molar-refractivity contribution in [3.8, 4) is 5.75 Å². The Hall–Kier alpha value is -2.87. The van der Waals surface area contributed by atoms with Gasteiger partial charge in [-0.1, -0.05) is 25.5 Å². The fraction of sp³-hybridized carbons (Fsp3) is 0.593. The lowest BCUT2D eigenvalue weighted by Crippen LogP contribution is -2.44. The number of unbranched alkanes of at least 4 members (excludes halogenated alkanes) is 2. The van der Waals surface area contributed by atoms with E-state index in [1.165, 1.54) is 0 Å². The van der Waals surface area contributed by atoms with Gasteiger partial charge in [-0.2, -0.15) is 0 Å². The minimum Gasteiger partial charge on any atom is -0.497 e. The number of allylic oxidation sites excluding steroid dienone is 1. The van der Waals surface area contributed by atoms with Gasteiger partial charge in [-0.25, -0.2) is 0 Å². The minimum absolute atomic E-state index is 0.0902. The molecular formula is C27H38N2O6. The van der Waals surface area contributed by atoms with Crippen molar-refractivity contribution in [3.63, 3.8) is 0 Å². The Kier molecular flexibility index (Phi) is 9.72. The summed E-state index contributed by atoms with van der Waals surface area (Å²) in [7, 11) is 1.58. The monoisotopic (exact) mass is 486 g/mol. The van der Waals surface area contributed by atoms with Crippen molar-refractivity contribution >= 4 is 23.5 Å². The Morgan fingerprint density at radius 1 is 1.09 bits per heavy atom. The Balaban J connectivity index is 1.91. The SMILES string of the molecule is CCC[C@@H]1C=C[C@H]2[C@H](C(=O)N(CCCCCO)[C@@H]2C(=O)Nc2ccc(OC)cc2)[C@@H]1C(=O)OCC. The number of rotatable bonds is 12. The van der Waals surface area contributed by atoms with Crippen molar-refractivity contribution in [2.24, 2.45) is 23.7 Å². The number of esters is 1. The smallest absolute Gasteiger partial charge is 0.310 e. The number of anilines is 1. The van der Waals surface area contributed by atoms with Crippen LogP contribution in [0.15, 0.2) is 36.4 Å². The highest BCUT2D eigenvalue weighted by molar-refractivity contribution is 6.01. The summed E-state index contributed by atoms with van der Waals surface area (Å²) in [6.45, 7) is 4.55. The maximum atomic E-state index is 13.8. The van der Waals surface area contributed by atoms with Crippen LogP contribution in [0.2, 0.25) is 0 Å². The summed E-state index contributed by atoms with van der Waals surface area (Å²) < 4.78 is 10.6. The Morgan fingerprint density at radius 2 is 1.83 bits per heavy atom. The number of hydrogen-bond donors (Lipinski definition) is 2. The van der Waals surface area contributed by atoms with Crippen LogP contribution in [0.3, 0.4) is 0 Å². The number of methoxy groups -OCH3 is 1. The molecule has 1 aliphatic heterocycles. The molecule has 35 heavy (non-hydrogen) atoms. The molecule has 0 spiro atoms. The highest BCUT2D eigenvalue weighted by Gasteiger charge is 2.57. The Bertz CT molecular complexity index is 899. The van der Waals surface area contributed by atoms with Gasteiger partial charge in [-0.15, -0.1) is 0 Å². The average Bonchev–Trinajstić information content (AvgIpc) is 3.14. The van der Waals surface area contributed by atoms with Gasteiger partial charge in [0.1, 0.15) is 11.8 Å². The second-order valence-electron chi connectivity index (χ2n) is 9.20.